The summed E-state index contributed by atoms with van der Waals surface area (Å²) in [5.41, 5.74) is -4.61. The molecule has 2 aromatic carbocycles. The van der Waals surface area contributed by atoms with Gasteiger partial charge in [-0.3, -0.25) is 28.8 Å². The SMILES string of the molecule is CC(=O)O[C@H]1C(=O)[C@@]2(C)[C@H]([C@H](C)[C@]3(O)C[C@H](CC(=O)[C@H](OC(=O)CCCSSc4ccccn4)[C@@H](NC(=O)c4ccccc4)c4ccccc4)C(C)=C1C3(C)C)[C@]1(OC(C)=O)CO[C@@H]1C[C@@H]2O. The van der Waals surface area contributed by atoms with Crippen LogP contribution < -0.4 is 5.32 Å². The average Bonchev–Trinajstić information content (AvgIpc) is 3.29. The molecule has 358 valence electrons. The van der Waals surface area contributed by atoms with Crippen molar-refractivity contribution < 1.29 is 57.9 Å². The zero-order valence-corrected chi connectivity index (χ0v) is 40.5. The van der Waals surface area contributed by atoms with Crippen LogP contribution in [0.3, 0.4) is 0 Å². The van der Waals surface area contributed by atoms with E-state index in [4.69, 9.17) is 18.9 Å². The van der Waals surface area contributed by atoms with E-state index in [2.05, 4.69) is 10.3 Å². The van der Waals surface area contributed by atoms with Crippen LogP contribution in [0.5, 0.6) is 0 Å². The van der Waals surface area contributed by atoms with Crippen LogP contribution in [-0.4, -0.2) is 98.6 Å². The number of rotatable bonds is 16. The number of carbonyl (C=O) groups excluding carboxylic acids is 6. The number of benzene rings is 2. The Morgan fingerprint density at radius 3 is 2.24 bits per heavy atom. The van der Waals surface area contributed by atoms with Crippen LogP contribution in [0.25, 0.3) is 0 Å². The lowest BCUT2D eigenvalue weighted by molar-refractivity contribution is -0.338. The molecule has 3 aliphatic carbocycles. The predicted octanol–water partition coefficient (Wildman–Crippen LogP) is 6.98. The zero-order valence-electron chi connectivity index (χ0n) is 38.9. The fourth-order valence-electron chi connectivity index (χ4n) is 11.4. The standard InChI is InChI=1S/C51H60N2O12S2/c1-29-35(27-51(61)30(2)45-49(7,37(57)26-38-50(45,28-62-38)65-32(4)55)46(59)44(63-31(3)54)41(29)48(51,5)6)25-36(56)43(64-40(58)22-16-24-66-67-39-21-14-15-23-52-39)42(33-17-10-8-11-18-33)53-47(60)34-19-12-9-13-20-34/h8-15,17-21,23,30,35,37-38,42-45,57,61H,16,22,24-28H2,1-7H3,(H,53,60)/t30-,35-,37-,38+,42-,43-,44+,45-,49+,50-,51+/m0/s1. The summed E-state index contributed by atoms with van der Waals surface area (Å²) in [7, 11) is 3.01. The van der Waals surface area contributed by atoms with E-state index in [0.717, 1.165) is 5.03 Å². The number of ketones is 2. The first-order valence-corrected chi connectivity index (χ1v) is 25.1. The van der Waals surface area contributed by atoms with Crippen LogP contribution in [0.15, 0.2) is 101 Å². The van der Waals surface area contributed by atoms with Gasteiger partial charge < -0.3 is 34.5 Å². The quantitative estimate of drug-likeness (QED) is 0.0436. The molecule has 1 aliphatic heterocycles. The van der Waals surface area contributed by atoms with Crippen molar-refractivity contribution in [3.63, 3.8) is 0 Å². The lowest BCUT2D eigenvalue weighted by Crippen LogP contribution is -2.79. The molecule has 0 unspecified atom stereocenters. The molecule has 2 heterocycles. The highest BCUT2D eigenvalue weighted by Crippen LogP contribution is 2.66. The summed E-state index contributed by atoms with van der Waals surface area (Å²) < 4.78 is 24.2. The van der Waals surface area contributed by atoms with Gasteiger partial charge in [0.1, 0.15) is 11.1 Å². The number of nitrogens with one attached hydrogen (secondary N) is 1. The van der Waals surface area contributed by atoms with E-state index in [9.17, 15) is 29.4 Å². The van der Waals surface area contributed by atoms with Gasteiger partial charge in [-0.25, -0.2) is 4.98 Å². The van der Waals surface area contributed by atoms with Crippen LogP contribution in [0.2, 0.25) is 0 Å². The smallest absolute Gasteiger partial charge is 0.306 e. The molecule has 3 aromatic rings. The van der Waals surface area contributed by atoms with E-state index in [1.165, 1.54) is 35.4 Å². The molecule has 14 nitrogen and oxygen atoms in total. The molecule has 1 saturated heterocycles. The van der Waals surface area contributed by atoms with Gasteiger partial charge >= 0.3 is 17.9 Å². The molecule has 1 amide bonds. The number of hydrogen-bond acceptors (Lipinski definition) is 15. The van der Waals surface area contributed by atoms with Gasteiger partial charge in [0.05, 0.1) is 29.8 Å². The predicted molar refractivity (Wildman–Crippen MR) is 250 cm³/mol. The summed E-state index contributed by atoms with van der Waals surface area (Å²) in [5.74, 6) is -5.96. The highest BCUT2D eigenvalue weighted by molar-refractivity contribution is 8.76. The van der Waals surface area contributed by atoms with Gasteiger partial charge in [0.25, 0.3) is 5.91 Å². The Morgan fingerprint density at radius 1 is 0.955 bits per heavy atom. The second-order valence-corrected chi connectivity index (χ2v) is 21.5. The van der Waals surface area contributed by atoms with Crippen molar-refractivity contribution in [2.75, 3.05) is 12.4 Å². The summed E-state index contributed by atoms with van der Waals surface area (Å²) in [4.78, 5) is 88.7. The maximum absolute atomic E-state index is 15.4. The molecule has 3 fully saturated rings. The van der Waals surface area contributed by atoms with E-state index in [-0.39, 0.29) is 37.9 Å². The van der Waals surface area contributed by atoms with Gasteiger partial charge in [0.15, 0.2) is 29.4 Å². The normalized spacial score (nSPS) is 30.4. The van der Waals surface area contributed by atoms with E-state index in [1.54, 1.807) is 101 Å². The molecular weight excluding hydrogens is 897 g/mol. The molecule has 16 heteroatoms. The molecule has 11 atom stereocenters. The van der Waals surface area contributed by atoms with E-state index in [1.807, 2.05) is 18.2 Å². The third kappa shape index (κ3) is 9.48. The van der Waals surface area contributed by atoms with Gasteiger partial charge in [-0.05, 0) is 84.7 Å². The Kier molecular flexibility index (Phi) is 14.9. The molecular formula is C51H60N2O12S2. The fraction of sp³-hybridized carbons (Fsp3) is 0.510. The number of hydrogen-bond donors (Lipinski definition) is 3. The lowest BCUT2D eigenvalue weighted by atomic mass is 9.42. The first-order chi connectivity index (χ1) is 31.8. The number of aromatic nitrogens is 1. The highest BCUT2D eigenvalue weighted by Gasteiger charge is 2.76. The van der Waals surface area contributed by atoms with Gasteiger partial charge in [0.2, 0.25) is 0 Å². The first-order valence-electron chi connectivity index (χ1n) is 22.7. The minimum Gasteiger partial charge on any atom is -0.454 e. The maximum Gasteiger partial charge on any atom is 0.306 e. The first kappa shape index (κ1) is 50.0. The Balaban J connectivity index is 1.28. The summed E-state index contributed by atoms with van der Waals surface area (Å²) >= 11 is 0. The Labute approximate surface area is 399 Å². The molecule has 2 bridgehead atoms. The van der Waals surface area contributed by atoms with Crippen molar-refractivity contribution in [1.29, 1.82) is 0 Å². The number of carbonyl (C=O) groups is 6. The van der Waals surface area contributed by atoms with Gasteiger partial charge in [-0.2, -0.15) is 0 Å². The third-order valence-corrected chi connectivity index (χ3v) is 17.2. The molecule has 7 rings (SSSR count). The van der Waals surface area contributed by atoms with Crippen LogP contribution in [0.1, 0.15) is 103 Å². The topological polar surface area (TPSA) is 205 Å². The second-order valence-electron chi connectivity index (χ2n) is 19.0. The summed E-state index contributed by atoms with van der Waals surface area (Å²) in [6, 6.07) is 21.7. The Morgan fingerprint density at radius 2 is 1.63 bits per heavy atom. The fourth-order valence-corrected chi connectivity index (χ4v) is 13.4. The number of pyridine rings is 1. The minimum absolute atomic E-state index is 0.0291. The molecule has 0 spiro atoms. The molecule has 4 aliphatic rings. The number of Topliss-reactive ketones (excluding diaryl/α,β-unsaturated/α-hetero) is 2. The molecule has 3 N–H and O–H groups in total. The van der Waals surface area contributed by atoms with Gasteiger partial charge in [-0.1, -0.05) is 91.7 Å². The largest absolute Gasteiger partial charge is 0.454 e. The molecule has 2 saturated carbocycles. The number of aliphatic hydroxyl groups excluding tert-OH is 1. The Hall–Kier alpha value is -4.87. The molecule has 67 heavy (non-hydrogen) atoms. The van der Waals surface area contributed by atoms with Crippen molar-refractivity contribution in [3.05, 3.63) is 107 Å². The van der Waals surface area contributed by atoms with Crippen LogP contribution >= 0.6 is 21.6 Å². The Bertz CT molecular complexity index is 2380. The van der Waals surface area contributed by atoms with Crippen molar-refractivity contribution in [2.24, 2.45) is 28.6 Å². The zero-order chi connectivity index (χ0) is 48.5. The monoisotopic (exact) mass is 956 g/mol. The van der Waals surface area contributed by atoms with E-state index in [0.29, 0.717) is 28.9 Å². The van der Waals surface area contributed by atoms with Crippen LogP contribution in [0.4, 0.5) is 0 Å². The molecule has 1 aromatic heterocycles. The van der Waals surface area contributed by atoms with Crippen molar-refractivity contribution >= 4 is 57.0 Å². The maximum atomic E-state index is 15.4. The second kappa shape index (κ2) is 20.0. The number of ether oxygens (including phenoxy) is 4. The number of esters is 3. The number of amides is 1. The molecule has 0 radical (unpaired) electrons. The lowest BCUT2D eigenvalue weighted by Gasteiger charge is -2.68. The third-order valence-electron chi connectivity index (χ3n) is 14.8. The average molecular weight is 957 g/mol. The number of nitrogens with zero attached hydrogens (tertiary/aromatic N) is 1. The van der Waals surface area contributed by atoms with Crippen LogP contribution in [-0.2, 0) is 42.9 Å². The summed E-state index contributed by atoms with van der Waals surface area (Å²) in [5, 5.41) is 29.3. The van der Waals surface area contributed by atoms with E-state index >= 15 is 9.59 Å². The van der Waals surface area contributed by atoms with E-state index < -0.39 is 106 Å². The summed E-state index contributed by atoms with van der Waals surface area (Å²) in [6.45, 7) is 11.0. The van der Waals surface area contributed by atoms with Gasteiger partial charge in [0, 0.05) is 62.0 Å². The van der Waals surface area contributed by atoms with Crippen molar-refractivity contribution in [1.82, 2.24) is 10.3 Å². The minimum atomic E-state index is -1.81. The van der Waals surface area contributed by atoms with Crippen molar-refractivity contribution in [3.8, 4) is 0 Å². The number of allylic oxidation sites excluding steroid dienone is 1. The van der Waals surface area contributed by atoms with Crippen LogP contribution in [0, 0.1) is 28.6 Å². The highest BCUT2D eigenvalue weighted by atomic mass is 33.1. The van der Waals surface area contributed by atoms with Crippen molar-refractivity contribution in [2.45, 2.75) is 127 Å². The number of aliphatic hydroxyl groups is 2. The summed E-state index contributed by atoms with van der Waals surface area (Å²) in [6.07, 6.45) is -3.62. The van der Waals surface area contributed by atoms with Gasteiger partial charge in [-0.15, -0.1) is 0 Å². The number of fused-ring (bicyclic) bond motifs is 5.